The van der Waals surface area contributed by atoms with E-state index in [0.29, 0.717) is 0 Å². The fourth-order valence-corrected chi connectivity index (χ4v) is 0.594. The summed E-state index contributed by atoms with van der Waals surface area (Å²) in [7, 11) is 2.10. The van der Waals surface area contributed by atoms with Gasteiger partial charge in [0.15, 0.2) is 0 Å². The lowest BCUT2D eigenvalue weighted by Gasteiger charge is -2.00. The van der Waals surface area contributed by atoms with E-state index in [1.807, 2.05) is 0 Å². The molecule has 0 atom stereocenters. The minimum atomic E-state index is -1.11. The molecule has 0 aliphatic carbocycles. The van der Waals surface area contributed by atoms with Crippen LogP contribution in [0.3, 0.4) is 0 Å². The first kappa shape index (κ1) is 12.1. The second-order valence-electron chi connectivity index (χ2n) is 2.12. The van der Waals surface area contributed by atoms with E-state index in [4.69, 9.17) is 5.21 Å². The van der Waals surface area contributed by atoms with Gasteiger partial charge in [-0.05, 0) is 0 Å². The normalized spacial score (nSPS) is 10.6. The van der Waals surface area contributed by atoms with Crippen molar-refractivity contribution in [3.63, 3.8) is 0 Å². The van der Waals surface area contributed by atoms with Gasteiger partial charge in [-0.3, -0.25) is 9.59 Å². The maximum absolute atomic E-state index is 11.1. The Hall–Kier alpha value is -1.92. The second-order valence-corrected chi connectivity index (χ2v) is 2.12. The number of ether oxygens (including phenoxy) is 2. The first-order valence-corrected chi connectivity index (χ1v) is 3.47. The lowest BCUT2D eigenvalue weighted by atomic mass is 10.2. The number of esters is 2. The summed E-state index contributed by atoms with van der Waals surface area (Å²) in [5.41, 5.74) is -0.835. The number of methoxy groups -OCH3 is 2. The SMILES string of the molecule is COC(=O)CC(=O)/C(=N\O)C(=O)OC. The highest BCUT2D eigenvalue weighted by molar-refractivity contribution is 6.65. The molecule has 0 rings (SSSR count). The third kappa shape index (κ3) is 3.21. The molecule has 0 bridgehead atoms. The van der Waals surface area contributed by atoms with Gasteiger partial charge in [0.1, 0.15) is 6.42 Å². The molecule has 0 heterocycles. The van der Waals surface area contributed by atoms with E-state index in [-0.39, 0.29) is 0 Å². The van der Waals surface area contributed by atoms with Crippen LogP contribution in [0.15, 0.2) is 5.16 Å². The van der Waals surface area contributed by atoms with Crippen LogP contribution in [0, 0.1) is 0 Å². The van der Waals surface area contributed by atoms with Gasteiger partial charge in [0.25, 0.3) is 0 Å². The van der Waals surface area contributed by atoms with E-state index in [1.54, 1.807) is 0 Å². The van der Waals surface area contributed by atoms with E-state index in [1.165, 1.54) is 0 Å². The number of ketones is 1. The van der Waals surface area contributed by atoms with E-state index >= 15 is 0 Å². The van der Waals surface area contributed by atoms with Gasteiger partial charge in [-0.25, -0.2) is 4.79 Å². The molecule has 0 unspecified atom stereocenters. The highest BCUT2D eigenvalue weighted by Crippen LogP contribution is 1.93. The second kappa shape index (κ2) is 5.68. The molecule has 0 fully saturated rings. The number of Topliss-reactive ketones (excluding diaryl/α,β-unsaturated/α-hetero) is 1. The number of hydrogen-bond donors (Lipinski definition) is 1. The van der Waals surface area contributed by atoms with Gasteiger partial charge in [0.2, 0.25) is 11.5 Å². The van der Waals surface area contributed by atoms with Crippen LogP contribution in [0.1, 0.15) is 6.42 Å². The van der Waals surface area contributed by atoms with Crippen LogP contribution in [0.4, 0.5) is 0 Å². The molecule has 14 heavy (non-hydrogen) atoms. The van der Waals surface area contributed by atoms with Crippen molar-refractivity contribution in [3.05, 3.63) is 0 Å². The average molecular weight is 203 g/mol. The van der Waals surface area contributed by atoms with E-state index in [2.05, 4.69) is 14.6 Å². The quantitative estimate of drug-likeness (QED) is 0.209. The molecule has 0 radical (unpaired) electrons. The Kier molecular flexibility index (Phi) is 4.90. The maximum Gasteiger partial charge on any atom is 0.363 e. The van der Waals surface area contributed by atoms with Crippen molar-refractivity contribution >= 4 is 23.4 Å². The lowest BCUT2D eigenvalue weighted by molar-refractivity contribution is -0.142. The van der Waals surface area contributed by atoms with Crippen LogP contribution in [0.25, 0.3) is 0 Å². The summed E-state index contributed by atoms with van der Waals surface area (Å²) in [6, 6.07) is 0. The van der Waals surface area contributed by atoms with Gasteiger partial charge < -0.3 is 14.7 Å². The van der Waals surface area contributed by atoms with Crippen LogP contribution >= 0.6 is 0 Å². The highest BCUT2D eigenvalue weighted by atomic mass is 16.5. The summed E-state index contributed by atoms with van der Waals surface area (Å²) in [5.74, 6) is -2.91. The number of hydrogen-bond acceptors (Lipinski definition) is 7. The van der Waals surface area contributed by atoms with Crippen molar-refractivity contribution in [3.8, 4) is 0 Å². The fourth-order valence-electron chi connectivity index (χ4n) is 0.594. The number of carbonyl (C=O) groups is 3. The molecule has 0 aromatic carbocycles. The van der Waals surface area contributed by atoms with E-state index < -0.39 is 29.9 Å². The molecule has 0 aromatic rings. The zero-order chi connectivity index (χ0) is 11.1. The Morgan fingerprint density at radius 3 is 2.14 bits per heavy atom. The summed E-state index contributed by atoms with van der Waals surface area (Å²) in [4.78, 5) is 32.4. The fraction of sp³-hybridized carbons (Fsp3) is 0.429. The summed E-state index contributed by atoms with van der Waals surface area (Å²) >= 11 is 0. The number of nitrogens with zero attached hydrogens (tertiary/aromatic N) is 1. The van der Waals surface area contributed by atoms with Gasteiger partial charge in [-0.1, -0.05) is 5.16 Å². The van der Waals surface area contributed by atoms with Crippen molar-refractivity contribution in [1.29, 1.82) is 0 Å². The van der Waals surface area contributed by atoms with Crippen molar-refractivity contribution in [2.75, 3.05) is 14.2 Å². The molecule has 0 saturated carbocycles. The molecule has 7 heteroatoms. The first-order chi connectivity index (χ1) is 6.56. The molecular weight excluding hydrogens is 194 g/mol. The van der Waals surface area contributed by atoms with Crippen molar-refractivity contribution in [2.24, 2.45) is 5.16 Å². The predicted molar refractivity (Wildman–Crippen MR) is 42.9 cm³/mol. The van der Waals surface area contributed by atoms with Gasteiger partial charge in [0, 0.05) is 0 Å². The Morgan fingerprint density at radius 2 is 1.79 bits per heavy atom. The van der Waals surface area contributed by atoms with Crippen molar-refractivity contribution in [2.45, 2.75) is 6.42 Å². The van der Waals surface area contributed by atoms with Crippen molar-refractivity contribution < 1.29 is 29.1 Å². The summed E-state index contributed by atoms with van der Waals surface area (Å²) in [5, 5.41) is 10.7. The van der Waals surface area contributed by atoms with Gasteiger partial charge in [-0.2, -0.15) is 0 Å². The predicted octanol–water partition coefficient (Wildman–Crippen LogP) is -0.878. The standard InChI is InChI=1S/C7H9NO6/c1-13-5(10)3-4(9)6(8-12)7(11)14-2/h12H,3H2,1-2H3/b8-6+. The highest BCUT2D eigenvalue weighted by Gasteiger charge is 2.24. The van der Waals surface area contributed by atoms with Crippen LogP contribution < -0.4 is 0 Å². The van der Waals surface area contributed by atoms with Gasteiger partial charge in [-0.15, -0.1) is 0 Å². The van der Waals surface area contributed by atoms with Gasteiger partial charge >= 0.3 is 11.9 Å². The number of rotatable bonds is 4. The van der Waals surface area contributed by atoms with Crippen LogP contribution in [0.5, 0.6) is 0 Å². The molecule has 0 aliphatic heterocycles. The topological polar surface area (TPSA) is 102 Å². The molecule has 1 N–H and O–H groups in total. The summed E-state index contributed by atoms with van der Waals surface area (Å²) < 4.78 is 8.32. The minimum absolute atomic E-state index is 0.676. The molecule has 78 valence electrons. The number of oxime groups is 1. The Morgan fingerprint density at radius 1 is 1.21 bits per heavy atom. The lowest BCUT2D eigenvalue weighted by Crippen LogP contribution is -2.27. The minimum Gasteiger partial charge on any atom is -0.469 e. The average Bonchev–Trinajstić information content (AvgIpc) is 2.18. The van der Waals surface area contributed by atoms with Crippen LogP contribution in [-0.2, 0) is 23.9 Å². The van der Waals surface area contributed by atoms with Crippen molar-refractivity contribution in [1.82, 2.24) is 0 Å². The monoisotopic (exact) mass is 203 g/mol. The molecule has 0 amide bonds. The Labute approximate surface area is 79.3 Å². The summed E-state index contributed by atoms with van der Waals surface area (Å²) in [6.07, 6.45) is -0.676. The molecule has 0 aromatic heterocycles. The van der Waals surface area contributed by atoms with E-state index in [9.17, 15) is 14.4 Å². The largest absolute Gasteiger partial charge is 0.469 e. The van der Waals surface area contributed by atoms with Crippen LogP contribution in [0.2, 0.25) is 0 Å². The van der Waals surface area contributed by atoms with Crippen LogP contribution in [-0.4, -0.2) is 42.9 Å². The Bertz CT molecular complexity index is 282. The molecule has 0 spiro atoms. The third-order valence-corrected chi connectivity index (χ3v) is 1.28. The Balaban J connectivity index is 4.50. The molecule has 0 aliphatic rings. The number of carbonyl (C=O) groups excluding carboxylic acids is 3. The smallest absolute Gasteiger partial charge is 0.363 e. The van der Waals surface area contributed by atoms with Gasteiger partial charge in [0.05, 0.1) is 14.2 Å². The molecular formula is C7H9NO6. The molecule has 0 saturated heterocycles. The zero-order valence-electron chi connectivity index (χ0n) is 7.64. The summed E-state index contributed by atoms with van der Waals surface area (Å²) in [6.45, 7) is 0. The molecule has 7 nitrogen and oxygen atoms in total. The maximum atomic E-state index is 11.1. The first-order valence-electron chi connectivity index (χ1n) is 3.47. The third-order valence-electron chi connectivity index (χ3n) is 1.28. The van der Waals surface area contributed by atoms with E-state index in [0.717, 1.165) is 14.2 Å². The zero-order valence-corrected chi connectivity index (χ0v) is 7.64.